The van der Waals surface area contributed by atoms with E-state index >= 15 is 0 Å². The third-order valence-electron chi connectivity index (χ3n) is 3.22. The normalized spacial score (nSPS) is 11.7. The van der Waals surface area contributed by atoms with Crippen LogP contribution in [0, 0.1) is 5.92 Å². The van der Waals surface area contributed by atoms with E-state index in [4.69, 9.17) is 9.15 Å². The summed E-state index contributed by atoms with van der Waals surface area (Å²) in [7, 11) is 1.33. The fourth-order valence-electron chi connectivity index (χ4n) is 2.09. The molecule has 0 aliphatic carbocycles. The topological polar surface area (TPSA) is 72.6 Å². The number of ether oxygens (including phenoxy) is 1. The van der Waals surface area contributed by atoms with Gasteiger partial charge in [-0.05, 0) is 24.3 Å². The molecule has 0 aliphatic heterocycles. The molecule has 6 heteroatoms. The molecule has 22 heavy (non-hydrogen) atoms. The third kappa shape index (κ3) is 3.94. The first-order valence-electron chi connectivity index (χ1n) is 6.91. The summed E-state index contributed by atoms with van der Waals surface area (Å²) in [5.41, 5.74) is 0.464. The summed E-state index contributed by atoms with van der Waals surface area (Å²) >= 11 is 0. The van der Waals surface area contributed by atoms with Crippen LogP contribution in [0.5, 0.6) is 0 Å². The number of hydrogen-bond acceptors (Lipinski definition) is 5. The number of amides is 1. The second-order valence-electron chi connectivity index (χ2n) is 4.93. The Kier molecular flexibility index (Phi) is 5.30. The Morgan fingerprint density at radius 1 is 1.36 bits per heavy atom. The van der Waals surface area contributed by atoms with E-state index in [0.29, 0.717) is 11.3 Å². The molecule has 0 spiro atoms. The van der Waals surface area contributed by atoms with Gasteiger partial charge in [0.15, 0.2) is 0 Å². The summed E-state index contributed by atoms with van der Waals surface area (Å²) in [5.74, 6) is -0.349. The van der Waals surface area contributed by atoms with E-state index < -0.39 is 5.92 Å². The van der Waals surface area contributed by atoms with E-state index in [9.17, 15) is 9.59 Å². The predicted molar refractivity (Wildman–Crippen MR) is 78.9 cm³/mol. The van der Waals surface area contributed by atoms with Gasteiger partial charge in [0.2, 0.25) is 0 Å². The number of pyridine rings is 1. The summed E-state index contributed by atoms with van der Waals surface area (Å²) in [4.78, 5) is 29.7. The maximum absolute atomic E-state index is 12.6. The smallest absolute Gasteiger partial charge is 0.310 e. The van der Waals surface area contributed by atoms with Crippen molar-refractivity contribution in [1.29, 1.82) is 0 Å². The first kappa shape index (κ1) is 15.8. The van der Waals surface area contributed by atoms with Gasteiger partial charge in [-0.15, -0.1) is 0 Å². The number of rotatable bonds is 6. The number of hydrogen-bond donors (Lipinski definition) is 0. The molecule has 0 aromatic carbocycles. The van der Waals surface area contributed by atoms with E-state index in [0.717, 1.165) is 0 Å². The molecule has 6 nitrogen and oxygen atoms in total. The molecule has 0 saturated carbocycles. The molecule has 0 N–H and O–H groups in total. The largest absolute Gasteiger partial charge is 0.469 e. The van der Waals surface area contributed by atoms with Crippen molar-refractivity contribution in [2.75, 3.05) is 13.7 Å². The molecule has 2 heterocycles. The molecule has 1 amide bonds. The summed E-state index contributed by atoms with van der Waals surface area (Å²) in [5, 5.41) is 0. The fraction of sp³-hybridized carbons (Fsp3) is 0.312. The zero-order valence-electron chi connectivity index (χ0n) is 12.6. The highest BCUT2D eigenvalue weighted by atomic mass is 16.5. The van der Waals surface area contributed by atoms with Gasteiger partial charge in [-0.1, -0.05) is 6.92 Å². The average Bonchev–Trinajstić information content (AvgIpc) is 3.06. The molecule has 2 rings (SSSR count). The van der Waals surface area contributed by atoms with Gasteiger partial charge in [-0.2, -0.15) is 0 Å². The van der Waals surface area contributed by atoms with E-state index in [-0.39, 0.29) is 25.0 Å². The van der Waals surface area contributed by atoms with Crippen molar-refractivity contribution >= 4 is 11.9 Å². The van der Waals surface area contributed by atoms with Crippen LogP contribution in [0.1, 0.15) is 23.0 Å². The number of methoxy groups -OCH3 is 1. The lowest BCUT2D eigenvalue weighted by atomic mass is 10.1. The second-order valence-corrected chi connectivity index (χ2v) is 4.93. The van der Waals surface area contributed by atoms with Crippen LogP contribution in [0.2, 0.25) is 0 Å². The Bertz CT molecular complexity index is 610. The van der Waals surface area contributed by atoms with Crippen LogP contribution < -0.4 is 0 Å². The summed E-state index contributed by atoms with van der Waals surface area (Å²) in [6, 6.07) is 6.92. The molecule has 0 saturated heterocycles. The van der Waals surface area contributed by atoms with Crippen molar-refractivity contribution in [3.05, 3.63) is 54.2 Å². The second kappa shape index (κ2) is 7.40. The molecule has 0 fully saturated rings. The van der Waals surface area contributed by atoms with Crippen LogP contribution in [0.3, 0.4) is 0 Å². The van der Waals surface area contributed by atoms with Gasteiger partial charge in [0.05, 0.1) is 31.4 Å². The molecular weight excluding hydrogens is 284 g/mol. The minimum Gasteiger partial charge on any atom is -0.469 e. The van der Waals surface area contributed by atoms with Crippen molar-refractivity contribution in [2.45, 2.75) is 13.5 Å². The zero-order chi connectivity index (χ0) is 15.9. The van der Waals surface area contributed by atoms with Crippen molar-refractivity contribution in [3.8, 4) is 0 Å². The lowest BCUT2D eigenvalue weighted by Gasteiger charge is -2.24. The Morgan fingerprint density at radius 3 is 2.77 bits per heavy atom. The monoisotopic (exact) mass is 302 g/mol. The van der Waals surface area contributed by atoms with Crippen molar-refractivity contribution in [2.24, 2.45) is 5.92 Å². The predicted octanol–water partition coefficient (Wildman–Crippen LogP) is 2.13. The standard InChI is InChI=1S/C16H18N2O4/c1-12(16(20)21-2)10-18(11-14-6-4-8-22-14)15(19)13-5-3-7-17-9-13/h3-9,12H,10-11H2,1-2H3. The lowest BCUT2D eigenvalue weighted by molar-refractivity contribution is -0.145. The number of carbonyl (C=O) groups is 2. The molecule has 2 aromatic heterocycles. The first-order valence-corrected chi connectivity index (χ1v) is 6.91. The molecule has 1 atom stereocenters. The summed E-state index contributed by atoms with van der Waals surface area (Å²) in [6.45, 7) is 2.24. The highest BCUT2D eigenvalue weighted by Gasteiger charge is 2.23. The van der Waals surface area contributed by atoms with Gasteiger partial charge in [0.25, 0.3) is 5.91 Å². The number of carbonyl (C=O) groups excluding carboxylic acids is 2. The summed E-state index contributed by atoms with van der Waals surface area (Å²) < 4.78 is 10.0. The first-order chi connectivity index (χ1) is 10.6. The van der Waals surface area contributed by atoms with Crippen molar-refractivity contribution in [1.82, 2.24) is 9.88 Å². The van der Waals surface area contributed by atoms with Crippen molar-refractivity contribution < 1.29 is 18.7 Å². The number of esters is 1. The Morgan fingerprint density at radius 2 is 2.18 bits per heavy atom. The molecule has 0 aliphatic rings. The molecule has 0 bridgehead atoms. The molecule has 0 radical (unpaired) electrons. The molecular formula is C16H18N2O4. The van der Waals surface area contributed by atoms with E-state index in [1.807, 2.05) is 0 Å². The van der Waals surface area contributed by atoms with Gasteiger partial charge in [0.1, 0.15) is 5.76 Å². The van der Waals surface area contributed by atoms with Gasteiger partial charge < -0.3 is 14.1 Å². The molecule has 2 aromatic rings. The summed E-state index contributed by atoms with van der Waals surface area (Å²) in [6.07, 6.45) is 4.65. The average molecular weight is 302 g/mol. The van der Waals surface area contributed by atoms with Crippen LogP contribution in [0.25, 0.3) is 0 Å². The molecule has 116 valence electrons. The minimum atomic E-state index is -0.430. The van der Waals surface area contributed by atoms with Crippen LogP contribution in [-0.4, -0.2) is 35.4 Å². The van der Waals surface area contributed by atoms with Crippen LogP contribution >= 0.6 is 0 Å². The zero-order valence-corrected chi connectivity index (χ0v) is 12.6. The maximum atomic E-state index is 12.6. The Balaban J connectivity index is 2.17. The lowest BCUT2D eigenvalue weighted by Crippen LogP contribution is -2.36. The molecule has 1 unspecified atom stereocenters. The van der Waals surface area contributed by atoms with Gasteiger partial charge in [0, 0.05) is 18.9 Å². The quantitative estimate of drug-likeness (QED) is 0.764. The number of aromatic nitrogens is 1. The highest BCUT2D eigenvalue weighted by molar-refractivity contribution is 5.94. The Hall–Kier alpha value is -2.63. The van der Waals surface area contributed by atoms with Crippen LogP contribution in [0.15, 0.2) is 47.3 Å². The number of nitrogens with zero attached hydrogens (tertiary/aromatic N) is 2. The van der Waals surface area contributed by atoms with Crippen molar-refractivity contribution in [3.63, 3.8) is 0 Å². The fourth-order valence-corrected chi connectivity index (χ4v) is 2.09. The van der Waals surface area contributed by atoms with Crippen LogP contribution in [0.4, 0.5) is 0 Å². The SMILES string of the molecule is COC(=O)C(C)CN(Cc1ccco1)C(=O)c1cccnc1. The third-order valence-corrected chi connectivity index (χ3v) is 3.22. The van der Waals surface area contributed by atoms with E-state index in [1.165, 1.54) is 13.3 Å². The maximum Gasteiger partial charge on any atom is 0.310 e. The Labute approximate surface area is 128 Å². The van der Waals surface area contributed by atoms with Gasteiger partial charge in [-0.3, -0.25) is 14.6 Å². The van der Waals surface area contributed by atoms with Crippen LogP contribution in [-0.2, 0) is 16.1 Å². The van der Waals surface area contributed by atoms with E-state index in [1.54, 1.807) is 48.5 Å². The minimum absolute atomic E-state index is 0.208. The van der Waals surface area contributed by atoms with E-state index in [2.05, 4.69) is 4.98 Å². The van der Waals surface area contributed by atoms with Gasteiger partial charge in [-0.25, -0.2) is 0 Å². The highest BCUT2D eigenvalue weighted by Crippen LogP contribution is 2.13. The number of furan rings is 1. The van der Waals surface area contributed by atoms with Gasteiger partial charge >= 0.3 is 5.97 Å².